The fourth-order valence-corrected chi connectivity index (χ4v) is 4.50. The quantitative estimate of drug-likeness (QED) is 0.604. The van der Waals surface area contributed by atoms with Crippen molar-refractivity contribution in [3.8, 4) is 11.5 Å². The van der Waals surface area contributed by atoms with Gasteiger partial charge in [0.1, 0.15) is 0 Å². The van der Waals surface area contributed by atoms with Crippen molar-refractivity contribution in [2.24, 2.45) is 0 Å². The molecule has 3 rings (SSSR count). The van der Waals surface area contributed by atoms with Crippen LogP contribution >= 0.6 is 0 Å². The van der Waals surface area contributed by atoms with Gasteiger partial charge >= 0.3 is 0 Å². The fraction of sp³-hybridized carbons (Fsp3) is 0.632. The number of carbonyl (C=O) groups is 1. The molecule has 0 saturated carbocycles. The molecule has 1 aromatic rings. The minimum Gasteiger partial charge on any atom is -0.454 e. The number of fused-ring (bicyclic) bond motifs is 1. The van der Waals surface area contributed by atoms with Crippen LogP contribution in [0.4, 0.5) is 0 Å². The minimum atomic E-state index is -2.90. The lowest BCUT2D eigenvalue weighted by atomic mass is 10.1. The van der Waals surface area contributed by atoms with Crippen molar-refractivity contribution < 1.29 is 27.4 Å². The molecule has 0 spiro atoms. The van der Waals surface area contributed by atoms with E-state index in [9.17, 15) is 13.2 Å². The summed E-state index contributed by atoms with van der Waals surface area (Å²) in [6.07, 6.45) is 0.623. The molecule has 1 aromatic carbocycles. The van der Waals surface area contributed by atoms with E-state index in [0.717, 1.165) is 23.5 Å². The van der Waals surface area contributed by atoms with Gasteiger partial charge in [0.2, 0.25) is 12.7 Å². The molecule has 28 heavy (non-hydrogen) atoms. The Kier molecular flexibility index (Phi) is 6.47. The third-order valence-corrected chi connectivity index (χ3v) is 6.97. The van der Waals surface area contributed by atoms with Crippen molar-refractivity contribution in [2.75, 3.05) is 32.0 Å². The van der Waals surface area contributed by atoms with Crippen LogP contribution in [0.5, 0.6) is 11.5 Å². The minimum absolute atomic E-state index is 0.0606. The molecule has 9 heteroatoms. The molecular formula is C19H28N2O6S. The molecule has 1 N–H and O–H groups in total. The van der Waals surface area contributed by atoms with Crippen LogP contribution < -0.4 is 14.8 Å². The molecule has 0 radical (unpaired) electrons. The van der Waals surface area contributed by atoms with Crippen LogP contribution in [-0.4, -0.2) is 69.5 Å². The van der Waals surface area contributed by atoms with Crippen molar-refractivity contribution in [3.05, 3.63) is 23.8 Å². The summed E-state index contributed by atoms with van der Waals surface area (Å²) >= 11 is 0. The lowest BCUT2D eigenvalue weighted by Gasteiger charge is -2.31. The lowest BCUT2D eigenvalue weighted by Crippen LogP contribution is -2.49. The first-order valence-corrected chi connectivity index (χ1v) is 11.3. The van der Waals surface area contributed by atoms with Crippen molar-refractivity contribution >= 4 is 15.7 Å². The summed E-state index contributed by atoms with van der Waals surface area (Å²) in [7, 11) is -0.927. The maximum absolute atomic E-state index is 12.1. The van der Waals surface area contributed by atoms with E-state index in [0.29, 0.717) is 0 Å². The van der Waals surface area contributed by atoms with Crippen LogP contribution in [0.2, 0.25) is 0 Å². The van der Waals surface area contributed by atoms with Crippen LogP contribution in [0.1, 0.15) is 25.8 Å². The molecule has 2 heterocycles. The molecule has 2 atom stereocenters. The SMILES string of the molecule is CC(Cc1ccc2c(c1)OCO2)N(C)C(C)NC(=O)CCOC1CS(=O)(=O)C1. The number of benzene rings is 1. The molecule has 1 amide bonds. The second kappa shape index (κ2) is 8.67. The van der Waals surface area contributed by atoms with Gasteiger partial charge in [0.05, 0.1) is 36.8 Å². The summed E-state index contributed by atoms with van der Waals surface area (Å²) in [5.41, 5.74) is 1.14. The van der Waals surface area contributed by atoms with Gasteiger partial charge < -0.3 is 19.5 Å². The Bertz CT molecular complexity index is 801. The topological polar surface area (TPSA) is 94.2 Å². The summed E-state index contributed by atoms with van der Waals surface area (Å²) in [5.74, 6) is 1.55. The van der Waals surface area contributed by atoms with E-state index < -0.39 is 9.84 Å². The van der Waals surface area contributed by atoms with E-state index in [1.807, 2.05) is 32.2 Å². The van der Waals surface area contributed by atoms with E-state index in [2.05, 4.69) is 17.1 Å². The molecule has 1 saturated heterocycles. The molecule has 0 aromatic heterocycles. The monoisotopic (exact) mass is 412 g/mol. The highest BCUT2D eigenvalue weighted by Crippen LogP contribution is 2.33. The number of ether oxygens (including phenoxy) is 3. The number of rotatable bonds is 9. The number of sulfone groups is 1. The zero-order valence-corrected chi connectivity index (χ0v) is 17.3. The Balaban J connectivity index is 1.39. The molecule has 0 bridgehead atoms. The predicted molar refractivity (Wildman–Crippen MR) is 104 cm³/mol. The van der Waals surface area contributed by atoms with Gasteiger partial charge in [-0.25, -0.2) is 8.42 Å². The molecule has 0 aliphatic carbocycles. The first kappa shape index (κ1) is 20.9. The van der Waals surface area contributed by atoms with E-state index in [1.54, 1.807) is 0 Å². The highest BCUT2D eigenvalue weighted by atomic mass is 32.2. The standard InChI is InChI=1S/C19H28N2O6S/c1-13(8-15-4-5-17-18(9-15)27-12-26-17)21(3)14(2)20-19(22)6-7-25-16-10-28(23,24)11-16/h4-5,9,13-14,16H,6-8,10-12H2,1-3H3,(H,20,22). The average Bonchev–Trinajstić information content (AvgIpc) is 3.07. The van der Waals surface area contributed by atoms with Gasteiger partial charge in [0.25, 0.3) is 0 Å². The van der Waals surface area contributed by atoms with Crippen LogP contribution in [0.25, 0.3) is 0 Å². The van der Waals surface area contributed by atoms with Crippen molar-refractivity contribution in [1.29, 1.82) is 0 Å². The maximum atomic E-state index is 12.1. The predicted octanol–water partition coefficient (Wildman–Crippen LogP) is 0.944. The van der Waals surface area contributed by atoms with Gasteiger partial charge in [-0.05, 0) is 45.0 Å². The number of likely N-dealkylation sites (N-methyl/N-ethyl adjacent to an activating group) is 1. The van der Waals surface area contributed by atoms with Gasteiger partial charge in [-0.2, -0.15) is 0 Å². The lowest BCUT2D eigenvalue weighted by molar-refractivity contribution is -0.124. The Labute approximate surface area is 166 Å². The van der Waals surface area contributed by atoms with E-state index in [-0.39, 0.29) is 55.5 Å². The first-order valence-electron chi connectivity index (χ1n) is 9.45. The summed E-state index contributed by atoms with van der Waals surface area (Å²) in [4.78, 5) is 14.2. The van der Waals surface area contributed by atoms with Crippen LogP contribution in [0, 0.1) is 0 Å². The molecule has 1 fully saturated rings. The third kappa shape index (κ3) is 5.36. The fourth-order valence-electron chi connectivity index (χ4n) is 3.27. The van der Waals surface area contributed by atoms with E-state index >= 15 is 0 Å². The number of hydrogen-bond acceptors (Lipinski definition) is 7. The number of hydrogen-bond donors (Lipinski definition) is 1. The highest BCUT2D eigenvalue weighted by Gasteiger charge is 2.34. The molecule has 2 aliphatic rings. The molecule has 156 valence electrons. The van der Waals surface area contributed by atoms with E-state index in [4.69, 9.17) is 14.2 Å². The zero-order valence-electron chi connectivity index (χ0n) is 16.5. The summed E-state index contributed by atoms with van der Waals surface area (Å²) in [6.45, 7) is 4.54. The van der Waals surface area contributed by atoms with Gasteiger partial charge in [-0.15, -0.1) is 0 Å². The number of carbonyl (C=O) groups excluding carboxylic acids is 1. The number of nitrogens with zero attached hydrogens (tertiary/aromatic N) is 1. The molecule has 8 nitrogen and oxygen atoms in total. The number of amides is 1. The van der Waals surface area contributed by atoms with Gasteiger partial charge in [0.15, 0.2) is 21.3 Å². The van der Waals surface area contributed by atoms with Crippen LogP contribution in [0.3, 0.4) is 0 Å². The Morgan fingerprint density at radius 2 is 2.00 bits per heavy atom. The highest BCUT2D eigenvalue weighted by molar-refractivity contribution is 7.92. The van der Waals surface area contributed by atoms with Crippen molar-refractivity contribution in [3.63, 3.8) is 0 Å². The number of nitrogens with one attached hydrogen (secondary N) is 1. The zero-order chi connectivity index (χ0) is 20.3. The summed E-state index contributed by atoms with van der Waals surface area (Å²) in [5, 5.41) is 2.96. The average molecular weight is 413 g/mol. The largest absolute Gasteiger partial charge is 0.454 e. The second-order valence-electron chi connectivity index (χ2n) is 7.47. The molecular weight excluding hydrogens is 384 g/mol. The Morgan fingerprint density at radius 1 is 1.29 bits per heavy atom. The van der Waals surface area contributed by atoms with Crippen LogP contribution in [-0.2, 0) is 25.8 Å². The smallest absolute Gasteiger partial charge is 0.231 e. The Hall–Kier alpha value is -1.84. The second-order valence-corrected chi connectivity index (χ2v) is 9.62. The molecule has 2 aliphatic heterocycles. The van der Waals surface area contributed by atoms with Gasteiger partial charge in [-0.1, -0.05) is 6.07 Å². The molecule has 2 unspecified atom stereocenters. The van der Waals surface area contributed by atoms with Gasteiger partial charge in [0, 0.05) is 6.04 Å². The Morgan fingerprint density at radius 3 is 2.71 bits per heavy atom. The third-order valence-electron chi connectivity index (χ3n) is 5.21. The van der Waals surface area contributed by atoms with Crippen LogP contribution in [0.15, 0.2) is 18.2 Å². The first-order chi connectivity index (χ1) is 13.2. The summed E-state index contributed by atoms with van der Waals surface area (Å²) < 4.78 is 38.3. The van der Waals surface area contributed by atoms with Gasteiger partial charge in [-0.3, -0.25) is 9.69 Å². The van der Waals surface area contributed by atoms with E-state index in [1.165, 1.54) is 0 Å². The summed E-state index contributed by atoms with van der Waals surface area (Å²) in [6, 6.07) is 6.14. The van der Waals surface area contributed by atoms with Crippen molar-refractivity contribution in [1.82, 2.24) is 10.2 Å². The van der Waals surface area contributed by atoms with Crippen molar-refractivity contribution in [2.45, 2.75) is 45.0 Å². The normalized spacial score (nSPS) is 19.9. The maximum Gasteiger partial charge on any atom is 0.231 e.